The quantitative estimate of drug-likeness (QED) is 0.734. The van der Waals surface area contributed by atoms with Gasteiger partial charge < -0.3 is 14.8 Å². The summed E-state index contributed by atoms with van der Waals surface area (Å²) in [4.78, 5) is 18.6. The van der Waals surface area contributed by atoms with E-state index in [9.17, 15) is 9.90 Å². The summed E-state index contributed by atoms with van der Waals surface area (Å²) in [6.45, 7) is 2.10. The lowest BCUT2D eigenvalue weighted by molar-refractivity contribution is -0.160. The van der Waals surface area contributed by atoms with Crippen molar-refractivity contribution in [1.29, 1.82) is 0 Å². The third kappa shape index (κ3) is 2.87. The number of nitrogens with zero attached hydrogens (tertiary/aromatic N) is 1. The van der Waals surface area contributed by atoms with Crippen LogP contribution in [0.5, 0.6) is 0 Å². The van der Waals surface area contributed by atoms with Gasteiger partial charge in [0.2, 0.25) is 0 Å². The number of aromatic nitrogens is 1. The standard InChI is InChI=1S/C21H26N2O3.ClH/c1-26-21(25)19-15-10-17-20-14(13-4-2-3-5-16(13)22-20)8-9-23(17)11-12(15)6-7-18(19)24;/h2-5,12,15,17-19,22,24H,6-11H2,1H3;1H/t12-,15?,17+,18+,19+;/m1./s1. The molecule has 2 N–H and O–H groups in total. The molecule has 27 heavy (non-hydrogen) atoms. The van der Waals surface area contributed by atoms with Crippen LogP contribution in [0.25, 0.3) is 10.9 Å². The van der Waals surface area contributed by atoms with Crippen LogP contribution in [0.15, 0.2) is 24.3 Å². The summed E-state index contributed by atoms with van der Waals surface area (Å²) < 4.78 is 5.04. The van der Waals surface area contributed by atoms with Gasteiger partial charge in [-0.05, 0) is 49.1 Å². The summed E-state index contributed by atoms with van der Waals surface area (Å²) in [5.41, 5.74) is 3.96. The van der Waals surface area contributed by atoms with Gasteiger partial charge in [-0.15, -0.1) is 12.4 Å². The summed E-state index contributed by atoms with van der Waals surface area (Å²) >= 11 is 0. The van der Waals surface area contributed by atoms with E-state index in [1.54, 1.807) is 0 Å². The highest BCUT2D eigenvalue weighted by Gasteiger charge is 2.49. The van der Waals surface area contributed by atoms with Crippen molar-refractivity contribution in [3.8, 4) is 0 Å². The maximum absolute atomic E-state index is 12.4. The molecule has 1 aromatic carbocycles. The fraction of sp³-hybridized carbons (Fsp3) is 0.571. The van der Waals surface area contributed by atoms with E-state index < -0.39 is 6.10 Å². The Kier molecular flexibility index (Phi) is 4.95. The van der Waals surface area contributed by atoms with Gasteiger partial charge in [0.25, 0.3) is 0 Å². The molecule has 1 saturated heterocycles. The lowest BCUT2D eigenvalue weighted by Gasteiger charge is -2.50. The average Bonchev–Trinajstić information content (AvgIpc) is 3.05. The molecule has 6 heteroatoms. The second-order valence-electron chi connectivity index (χ2n) is 8.18. The van der Waals surface area contributed by atoms with E-state index >= 15 is 0 Å². The van der Waals surface area contributed by atoms with Crippen LogP contribution in [0.4, 0.5) is 0 Å². The highest BCUT2D eigenvalue weighted by Crippen LogP contribution is 2.49. The molecule has 2 fully saturated rings. The number of para-hydroxylation sites is 1. The zero-order valence-electron chi connectivity index (χ0n) is 15.6. The average molecular weight is 391 g/mol. The Hall–Kier alpha value is -1.56. The SMILES string of the molecule is COC(=O)[C@H]1C2C[C@H]3c4[nH]c5ccccc5c4CCN3C[C@H]2CC[C@@H]1O.Cl. The number of nitrogens with one attached hydrogen (secondary N) is 1. The van der Waals surface area contributed by atoms with Gasteiger partial charge in [0.05, 0.1) is 25.2 Å². The molecule has 5 rings (SSSR count). The number of aliphatic hydroxyl groups is 1. The molecular weight excluding hydrogens is 364 g/mol. The highest BCUT2D eigenvalue weighted by atomic mass is 35.5. The van der Waals surface area contributed by atoms with Crippen LogP contribution in [0.3, 0.4) is 0 Å². The van der Waals surface area contributed by atoms with Gasteiger partial charge in [0.1, 0.15) is 0 Å². The van der Waals surface area contributed by atoms with Gasteiger partial charge >= 0.3 is 5.97 Å². The Bertz CT molecular complexity index is 851. The molecule has 0 spiro atoms. The van der Waals surface area contributed by atoms with E-state index in [4.69, 9.17) is 4.74 Å². The van der Waals surface area contributed by atoms with Gasteiger partial charge in [-0.25, -0.2) is 0 Å². The first-order valence-electron chi connectivity index (χ1n) is 9.76. The van der Waals surface area contributed by atoms with Gasteiger partial charge in [0, 0.05) is 29.7 Å². The molecule has 1 aromatic heterocycles. The number of aliphatic hydroxyl groups excluding tert-OH is 1. The number of piperidine rings is 1. The Balaban J connectivity index is 0.00000180. The Morgan fingerprint density at radius 2 is 2.11 bits per heavy atom. The first kappa shape index (κ1) is 18.8. The molecule has 5 atom stereocenters. The first-order chi connectivity index (χ1) is 12.7. The van der Waals surface area contributed by atoms with Crippen LogP contribution in [-0.2, 0) is 16.0 Å². The van der Waals surface area contributed by atoms with E-state index in [0.29, 0.717) is 18.4 Å². The summed E-state index contributed by atoms with van der Waals surface area (Å²) in [5.74, 6) is 0.0541. The van der Waals surface area contributed by atoms with Crippen molar-refractivity contribution in [2.24, 2.45) is 17.8 Å². The number of ether oxygens (including phenoxy) is 1. The maximum Gasteiger partial charge on any atom is 0.311 e. The second-order valence-corrected chi connectivity index (χ2v) is 8.18. The van der Waals surface area contributed by atoms with Gasteiger partial charge in [-0.2, -0.15) is 0 Å². The molecule has 3 aliphatic rings. The molecule has 0 amide bonds. The van der Waals surface area contributed by atoms with Crippen LogP contribution in [-0.4, -0.2) is 47.3 Å². The zero-order valence-corrected chi connectivity index (χ0v) is 16.4. The van der Waals surface area contributed by atoms with Crippen LogP contribution >= 0.6 is 12.4 Å². The Morgan fingerprint density at radius 1 is 1.30 bits per heavy atom. The molecule has 1 unspecified atom stereocenters. The van der Waals surface area contributed by atoms with E-state index in [1.807, 2.05) is 0 Å². The lowest BCUT2D eigenvalue weighted by atomic mass is 9.65. The number of hydrogen-bond acceptors (Lipinski definition) is 4. The lowest BCUT2D eigenvalue weighted by Crippen LogP contribution is -2.53. The fourth-order valence-corrected chi connectivity index (χ4v) is 5.80. The number of H-pyrrole nitrogens is 1. The van der Waals surface area contributed by atoms with Crippen LogP contribution < -0.4 is 0 Å². The topological polar surface area (TPSA) is 65.6 Å². The molecule has 0 bridgehead atoms. The number of fused-ring (bicyclic) bond motifs is 6. The summed E-state index contributed by atoms with van der Waals surface area (Å²) in [7, 11) is 1.43. The molecule has 1 saturated carbocycles. The number of carbonyl (C=O) groups is 1. The molecule has 2 aliphatic heterocycles. The minimum absolute atomic E-state index is 0. The summed E-state index contributed by atoms with van der Waals surface area (Å²) in [6, 6.07) is 8.83. The maximum atomic E-state index is 12.4. The van der Waals surface area contributed by atoms with Crippen molar-refractivity contribution in [3.05, 3.63) is 35.5 Å². The van der Waals surface area contributed by atoms with Crippen molar-refractivity contribution in [2.45, 2.75) is 37.8 Å². The number of benzene rings is 1. The van der Waals surface area contributed by atoms with Crippen molar-refractivity contribution >= 4 is 29.3 Å². The third-order valence-electron chi connectivity index (χ3n) is 7.02. The summed E-state index contributed by atoms with van der Waals surface area (Å²) in [6.07, 6.45) is 3.14. The normalized spacial score (nSPS) is 32.7. The van der Waals surface area contributed by atoms with Crippen LogP contribution in [0, 0.1) is 17.8 Å². The van der Waals surface area contributed by atoms with Crippen molar-refractivity contribution < 1.29 is 14.6 Å². The second kappa shape index (κ2) is 7.12. The Morgan fingerprint density at radius 3 is 2.93 bits per heavy atom. The number of methoxy groups -OCH3 is 1. The number of rotatable bonds is 1. The molecule has 5 nitrogen and oxygen atoms in total. The van der Waals surface area contributed by atoms with E-state index in [0.717, 1.165) is 32.4 Å². The molecule has 0 radical (unpaired) electrons. The number of carbonyl (C=O) groups excluding carboxylic acids is 1. The first-order valence-corrected chi connectivity index (χ1v) is 9.76. The third-order valence-corrected chi connectivity index (χ3v) is 7.02. The monoisotopic (exact) mass is 390 g/mol. The minimum atomic E-state index is -0.568. The van der Waals surface area contributed by atoms with E-state index in [-0.39, 0.29) is 30.2 Å². The van der Waals surface area contributed by atoms with Gasteiger partial charge in [-0.3, -0.25) is 9.69 Å². The largest absolute Gasteiger partial charge is 0.469 e. The predicted octanol–water partition coefficient (Wildman–Crippen LogP) is 3.07. The van der Waals surface area contributed by atoms with E-state index in [2.05, 4.69) is 34.1 Å². The zero-order chi connectivity index (χ0) is 17.8. The number of aromatic amines is 1. The van der Waals surface area contributed by atoms with Crippen molar-refractivity contribution in [3.63, 3.8) is 0 Å². The fourth-order valence-electron chi connectivity index (χ4n) is 5.80. The molecule has 2 aromatic rings. The van der Waals surface area contributed by atoms with Crippen LogP contribution in [0.2, 0.25) is 0 Å². The van der Waals surface area contributed by atoms with Crippen LogP contribution in [0.1, 0.15) is 36.6 Å². The number of esters is 1. The van der Waals surface area contributed by atoms with E-state index in [1.165, 1.54) is 29.3 Å². The Labute approximate surface area is 165 Å². The summed E-state index contributed by atoms with van der Waals surface area (Å²) in [5, 5.41) is 11.8. The highest BCUT2D eigenvalue weighted by molar-refractivity contribution is 5.85. The molecule has 146 valence electrons. The number of hydrogen-bond donors (Lipinski definition) is 2. The predicted molar refractivity (Wildman–Crippen MR) is 106 cm³/mol. The van der Waals surface area contributed by atoms with Crippen molar-refractivity contribution in [1.82, 2.24) is 9.88 Å². The van der Waals surface area contributed by atoms with Crippen molar-refractivity contribution in [2.75, 3.05) is 20.2 Å². The minimum Gasteiger partial charge on any atom is -0.469 e. The molecular formula is C21H27ClN2O3. The van der Waals surface area contributed by atoms with Gasteiger partial charge in [0.15, 0.2) is 0 Å². The van der Waals surface area contributed by atoms with Gasteiger partial charge in [-0.1, -0.05) is 18.2 Å². The molecule has 3 heterocycles. The smallest absolute Gasteiger partial charge is 0.311 e. The number of halogens is 1. The molecule has 1 aliphatic carbocycles.